The highest BCUT2D eigenvalue weighted by molar-refractivity contribution is 5.37. The zero-order chi connectivity index (χ0) is 14.1. The maximum atomic E-state index is 13.8. The van der Waals surface area contributed by atoms with Gasteiger partial charge in [0.15, 0.2) is 0 Å². The first-order valence-corrected chi connectivity index (χ1v) is 5.65. The summed E-state index contributed by atoms with van der Waals surface area (Å²) in [5.41, 5.74) is 6.23. The summed E-state index contributed by atoms with van der Waals surface area (Å²) >= 11 is 0. The van der Waals surface area contributed by atoms with Crippen LogP contribution in [0, 0.1) is 40.3 Å². The Morgan fingerprint density at radius 2 is 1.89 bits per heavy atom. The first kappa shape index (κ1) is 14.7. The van der Waals surface area contributed by atoms with Gasteiger partial charge in [-0.2, -0.15) is 10.5 Å². The van der Waals surface area contributed by atoms with Crippen molar-refractivity contribution in [2.75, 3.05) is 19.6 Å². The zero-order valence-corrected chi connectivity index (χ0v) is 10.4. The minimum atomic E-state index is -0.398. The largest absolute Gasteiger partial charge is 0.320 e. The molecule has 0 aliphatic rings. The molecule has 0 atom stereocenters. The van der Waals surface area contributed by atoms with Crippen LogP contribution in [-0.4, -0.2) is 24.5 Å². The van der Waals surface area contributed by atoms with E-state index in [4.69, 9.17) is 16.3 Å². The minimum absolute atomic E-state index is 0.0851. The van der Waals surface area contributed by atoms with Gasteiger partial charge in [0.25, 0.3) is 0 Å². The summed E-state index contributed by atoms with van der Waals surface area (Å²) in [5, 5.41) is 17.3. The molecule has 0 unspecified atom stereocenters. The van der Waals surface area contributed by atoms with E-state index >= 15 is 0 Å². The molecule has 96 valence electrons. The highest BCUT2D eigenvalue weighted by atomic mass is 19.1. The van der Waals surface area contributed by atoms with Gasteiger partial charge in [0.05, 0.1) is 31.8 Å². The molecule has 0 saturated heterocycles. The van der Waals surface area contributed by atoms with Crippen molar-refractivity contribution in [1.29, 1.82) is 10.5 Å². The topological polar surface area (TPSA) is 76.8 Å². The third kappa shape index (κ3) is 4.77. The molecule has 1 rings (SSSR count). The molecule has 0 saturated carbocycles. The van der Waals surface area contributed by atoms with Crippen molar-refractivity contribution in [2.45, 2.75) is 6.54 Å². The zero-order valence-electron chi connectivity index (χ0n) is 10.4. The fourth-order valence-electron chi connectivity index (χ4n) is 1.51. The fourth-order valence-corrected chi connectivity index (χ4v) is 1.51. The van der Waals surface area contributed by atoms with E-state index in [0.717, 1.165) is 0 Å². The Bertz CT molecular complexity index is 556. The second kappa shape index (κ2) is 7.84. The summed E-state index contributed by atoms with van der Waals surface area (Å²) in [6.45, 7) is 0.614. The highest BCUT2D eigenvalue weighted by Crippen LogP contribution is 2.12. The average molecular weight is 256 g/mol. The quantitative estimate of drug-likeness (QED) is 0.643. The van der Waals surface area contributed by atoms with Gasteiger partial charge in [0.2, 0.25) is 0 Å². The Balaban J connectivity index is 2.85. The van der Waals surface area contributed by atoms with Crippen LogP contribution in [0.5, 0.6) is 0 Å². The van der Waals surface area contributed by atoms with Crippen molar-refractivity contribution in [3.63, 3.8) is 0 Å². The van der Waals surface area contributed by atoms with Gasteiger partial charge < -0.3 is 5.73 Å². The smallest absolute Gasteiger partial charge is 0.128 e. The van der Waals surface area contributed by atoms with Gasteiger partial charge >= 0.3 is 0 Å². The molecule has 0 spiro atoms. The third-order valence-corrected chi connectivity index (χ3v) is 2.37. The third-order valence-electron chi connectivity index (χ3n) is 2.37. The summed E-state index contributed by atoms with van der Waals surface area (Å²) in [7, 11) is 0. The first-order valence-electron chi connectivity index (χ1n) is 5.65. The lowest BCUT2D eigenvalue weighted by Gasteiger charge is -2.15. The molecule has 2 N–H and O–H groups in total. The van der Waals surface area contributed by atoms with E-state index in [1.54, 1.807) is 17.0 Å². The van der Waals surface area contributed by atoms with Crippen LogP contribution in [-0.2, 0) is 6.54 Å². The number of benzene rings is 1. The second-order valence-electron chi connectivity index (χ2n) is 3.77. The molecule has 0 fully saturated rings. The number of rotatable bonds is 4. The van der Waals surface area contributed by atoms with Crippen molar-refractivity contribution in [3.8, 4) is 24.0 Å². The lowest BCUT2D eigenvalue weighted by molar-refractivity contribution is 0.328. The van der Waals surface area contributed by atoms with Crippen LogP contribution < -0.4 is 5.73 Å². The predicted octanol–water partition coefficient (Wildman–Crippen LogP) is 0.985. The molecular weight excluding hydrogens is 243 g/mol. The fraction of sp³-hybridized carbons (Fsp3) is 0.286. The summed E-state index contributed by atoms with van der Waals surface area (Å²) < 4.78 is 13.8. The molecule has 0 heterocycles. The highest BCUT2D eigenvalue weighted by Gasteiger charge is 2.09. The van der Waals surface area contributed by atoms with E-state index in [1.807, 2.05) is 12.1 Å². The van der Waals surface area contributed by atoms with Gasteiger partial charge in [-0.1, -0.05) is 17.9 Å². The summed E-state index contributed by atoms with van der Waals surface area (Å²) in [5.74, 6) is 4.99. The molecule has 4 nitrogen and oxygen atoms in total. The number of nitrogens with two attached hydrogens (primary N) is 1. The van der Waals surface area contributed by atoms with Gasteiger partial charge in [0, 0.05) is 17.7 Å². The monoisotopic (exact) mass is 256 g/mol. The number of nitriles is 2. The van der Waals surface area contributed by atoms with Crippen molar-refractivity contribution in [3.05, 3.63) is 35.1 Å². The number of hydrogen-bond acceptors (Lipinski definition) is 4. The molecule has 19 heavy (non-hydrogen) atoms. The lowest BCUT2D eigenvalue weighted by atomic mass is 10.1. The summed E-state index contributed by atoms with van der Waals surface area (Å²) in [4.78, 5) is 1.56. The molecule has 5 heteroatoms. The minimum Gasteiger partial charge on any atom is -0.320 e. The van der Waals surface area contributed by atoms with Crippen molar-refractivity contribution in [1.82, 2.24) is 4.90 Å². The molecule has 0 aliphatic heterocycles. The maximum Gasteiger partial charge on any atom is 0.128 e. The van der Waals surface area contributed by atoms with Crippen LogP contribution in [0.2, 0.25) is 0 Å². The Labute approximate surface area is 111 Å². The van der Waals surface area contributed by atoms with Crippen molar-refractivity contribution < 1.29 is 4.39 Å². The molecule has 1 aromatic carbocycles. The van der Waals surface area contributed by atoms with Gasteiger partial charge in [0.1, 0.15) is 5.82 Å². The molecule has 0 bridgehead atoms. The standard InChI is InChI=1S/C14H13FN4/c15-14-10-12(2-1-5-16)3-4-13(14)11-19(8-6-17)9-7-18/h3-4,10H,5,8-9,11,16H2. The van der Waals surface area contributed by atoms with Crippen LogP contribution in [0.4, 0.5) is 4.39 Å². The Morgan fingerprint density at radius 3 is 2.42 bits per heavy atom. The maximum absolute atomic E-state index is 13.8. The predicted molar refractivity (Wildman–Crippen MR) is 68.8 cm³/mol. The molecule has 0 radical (unpaired) electrons. The van der Waals surface area contributed by atoms with Crippen LogP contribution in [0.1, 0.15) is 11.1 Å². The molecule has 0 aliphatic carbocycles. The van der Waals surface area contributed by atoms with E-state index < -0.39 is 5.82 Å². The Hall–Kier alpha value is -2.39. The lowest BCUT2D eigenvalue weighted by Crippen LogP contribution is -2.24. The van der Waals surface area contributed by atoms with E-state index in [9.17, 15) is 4.39 Å². The van der Waals surface area contributed by atoms with Gasteiger partial charge in [-0.15, -0.1) is 0 Å². The van der Waals surface area contributed by atoms with E-state index in [1.165, 1.54) is 6.07 Å². The number of hydrogen-bond donors (Lipinski definition) is 1. The van der Waals surface area contributed by atoms with Crippen molar-refractivity contribution in [2.24, 2.45) is 5.73 Å². The van der Waals surface area contributed by atoms with E-state index in [2.05, 4.69) is 11.8 Å². The molecular formula is C14H13FN4. The van der Waals surface area contributed by atoms with Gasteiger partial charge in [-0.25, -0.2) is 4.39 Å². The van der Waals surface area contributed by atoms with Gasteiger partial charge in [-0.05, 0) is 12.1 Å². The normalized spacial score (nSPS) is 9.32. The van der Waals surface area contributed by atoms with Gasteiger partial charge in [-0.3, -0.25) is 4.90 Å². The van der Waals surface area contributed by atoms with Crippen LogP contribution in [0.15, 0.2) is 18.2 Å². The average Bonchev–Trinajstić information content (AvgIpc) is 2.39. The molecule has 0 amide bonds. The van der Waals surface area contributed by atoms with Crippen LogP contribution in [0.3, 0.4) is 0 Å². The van der Waals surface area contributed by atoms with Crippen molar-refractivity contribution >= 4 is 0 Å². The SMILES string of the molecule is N#CCN(CC#N)Cc1ccc(C#CCN)cc1F. The Morgan fingerprint density at radius 1 is 1.21 bits per heavy atom. The number of halogens is 1. The van der Waals surface area contributed by atoms with E-state index in [-0.39, 0.29) is 26.2 Å². The number of nitrogens with zero attached hydrogens (tertiary/aromatic N) is 3. The second-order valence-corrected chi connectivity index (χ2v) is 3.77. The molecule has 1 aromatic rings. The molecule has 0 aromatic heterocycles. The summed E-state index contributed by atoms with van der Waals surface area (Å²) in [6, 6.07) is 8.52. The first-order chi connectivity index (χ1) is 9.21. The Kier molecular flexibility index (Phi) is 6.06. The van der Waals surface area contributed by atoms with E-state index in [0.29, 0.717) is 11.1 Å². The van der Waals surface area contributed by atoms with Crippen LogP contribution >= 0.6 is 0 Å². The van der Waals surface area contributed by atoms with Crippen LogP contribution in [0.25, 0.3) is 0 Å². The summed E-state index contributed by atoms with van der Waals surface area (Å²) in [6.07, 6.45) is 0.